The molecule has 0 aliphatic heterocycles. The highest BCUT2D eigenvalue weighted by Crippen LogP contribution is 2.26. The number of hydrogen-bond donors (Lipinski definition) is 1. The molecule has 4 aromatic rings. The number of nitrogens with zero attached hydrogens (tertiary/aromatic N) is 3. The molecule has 0 atom stereocenters. The third kappa shape index (κ3) is 5.58. The van der Waals surface area contributed by atoms with Gasteiger partial charge in [0.1, 0.15) is 0 Å². The maximum atomic E-state index is 12.6. The third-order valence-electron chi connectivity index (χ3n) is 5.97. The van der Waals surface area contributed by atoms with Gasteiger partial charge >= 0.3 is 0 Å². The molecule has 0 aliphatic carbocycles. The van der Waals surface area contributed by atoms with Gasteiger partial charge in [-0.15, -0.1) is 10.2 Å². The Morgan fingerprint density at radius 2 is 1.50 bits per heavy atom. The Morgan fingerprint density at radius 3 is 2.18 bits per heavy atom. The van der Waals surface area contributed by atoms with Crippen LogP contribution in [0, 0.1) is 6.92 Å². The van der Waals surface area contributed by atoms with E-state index in [0.29, 0.717) is 23.9 Å². The van der Waals surface area contributed by atoms with Gasteiger partial charge in [0.15, 0.2) is 0 Å². The van der Waals surface area contributed by atoms with Gasteiger partial charge in [0.05, 0.1) is 0 Å². The number of benzene rings is 3. The zero-order valence-electron chi connectivity index (χ0n) is 19.9. The van der Waals surface area contributed by atoms with Crippen LogP contribution >= 0.6 is 0 Å². The molecule has 1 aromatic heterocycles. The first kappa shape index (κ1) is 23.4. The molecule has 0 unspecified atom stereocenters. The smallest absolute Gasteiger partial charge is 0.251 e. The van der Waals surface area contributed by atoms with Gasteiger partial charge in [0, 0.05) is 29.8 Å². The van der Waals surface area contributed by atoms with E-state index in [9.17, 15) is 4.79 Å². The lowest BCUT2D eigenvalue weighted by Gasteiger charge is -2.18. The largest absolute Gasteiger partial charge is 0.416 e. The standard InChI is InChI=1S/C28H30N4O2/c1-4-32(5-2)19-22-12-10-21(11-13-22)18-29-26(33)23-14-16-24(17-15-23)27-30-31-28(34-27)25-9-7-6-8-20(25)3/h6-17H,4-5,18-19H2,1-3H3,(H,29,33). The molecule has 0 aliphatic rings. The van der Waals surface area contributed by atoms with Gasteiger partial charge in [-0.05, 0) is 67.0 Å². The Kier molecular flexibility index (Phi) is 7.50. The SMILES string of the molecule is CCN(CC)Cc1ccc(CNC(=O)c2ccc(-c3nnc(-c4ccccc4C)o3)cc2)cc1. The number of amides is 1. The molecule has 3 aromatic carbocycles. The summed E-state index contributed by atoms with van der Waals surface area (Å²) in [5.74, 6) is 0.790. The van der Waals surface area contributed by atoms with Crippen LogP contribution < -0.4 is 5.32 Å². The average Bonchev–Trinajstić information content (AvgIpc) is 3.37. The van der Waals surface area contributed by atoms with E-state index in [-0.39, 0.29) is 5.91 Å². The van der Waals surface area contributed by atoms with E-state index in [2.05, 4.69) is 58.5 Å². The van der Waals surface area contributed by atoms with Crippen molar-refractivity contribution in [2.45, 2.75) is 33.9 Å². The van der Waals surface area contributed by atoms with Gasteiger partial charge in [-0.2, -0.15) is 0 Å². The molecule has 6 heteroatoms. The van der Waals surface area contributed by atoms with E-state index >= 15 is 0 Å². The van der Waals surface area contributed by atoms with Crippen molar-refractivity contribution >= 4 is 5.91 Å². The van der Waals surface area contributed by atoms with E-state index in [1.54, 1.807) is 12.1 Å². The maximum Gasteiger partial charge on any atom is 0.251 e. The summed E-state index contributed by atoms with van der Waals surface area (Å²) in [5.41, 5.74) is 5.69. The first-order valence-electron chi connectivity index (χ1n) is 11.7. The summed E-state index contributed by atoms with van der Waals surface area (Å²) >= 11 is 0. The highest BCUT2D eigenvalue weighted by molar-refractivity contribution is 5.94. The van der Waals surface area contributed by atoms with E-state index in [0.717, 1.165) is 41.9 Å². The van der Waals surface area contributed by atoms with Crippen LogP contribution in [0.3, 0.4) is 0 Å². The molecule has 1 N–H and O–H groups in total. The predicted octanol–water partition coefficient (Wildman–Crippen LogP) is 5.48. The summed E-state index contributed by atoms with van der Waals surface area (Å²) < 4.78 is 5.86. The summed E-state index contributed by atoms with van der Waals surface area (Å²) in [4.78, 5) is 15.0. The van der Waals surface area contributed by atoms with Gasteiger partial charge in [-0.25, -0.2) is 0 Å². The van der Waals surface area contributed by atoms with Crippen molar-refractivity contribution in [2.24, 2.45) is 0 Å². The van der Waals surface area contributed by atoms with Crippen LogP contribution in [-0.4, -0.2) is 34.1 Å². The van der Waals surface area contributed by atoms with Gasteiger partial charge < -0.3 is 9.73 Å². The van der Waals surface area contributed by atoms with Crippen LogP contribution in [0.25, 0.3) is 22.9 Å². The summed E-state index contributed by atoms with van der Waals surface area (Å²) in [5, 5.41) is 11.3. The molecular formula is C28H30N4O2. The van der Waals surface area contributed by atoms with Crippen molar-refractivity contribution in [1.82, 2.24) is 20.4 Å². The van der Waals surface area contributed by atoms with Gasteiger partial charge in [0.25, 0.3) is 5.91 Å². The van der Waals surface area contributed by atoms with Crippen LogP contribution in [-0.2, 0) is 13.1 Å². The quantitative estimate of drug-likeness (QED) is 0.362. The van der Waals surface area contributed by atoms with Crippen LogP contribution in [0.4, 0.5) is 0 Å². The highest BCUT2D eigenvalue weighted by atomic mass is 16.4. The second-order valence-corrected chi connectivity index (χ2v) is 8.27. The van der Waals surface area contributed by atoms with E-state index in [1.807, 2.05) is 43.3 Å². The maximum absolute atomic E-state index is 12.6. The predicted molar refractivity (Wildman–Crippen MR) is 134 cm³/mol. The Morgan fingerprint density at radius 1 is 0.853 bits per heavy atom. The van der Waals surface area contributed by atoms with Crippen molar-refractivity contribution in [3.63, 3.8) is 0 Å². The minimum atomic E-state index is -0.120. The minimum absolute atomic E-state index is 0.120. The molecule has 0 bridgehead atoms. The van der Waals surface area contributed by atoms with Gasteiger partial charge in [-0.3, -0.25) is 9.69 Å². The number of aryl methyl sites for hydroxylation is 1. The van der Waals surface area contributed by atoms with Gasteiger partial charge in [0.2, 0.25) is 11.8 Å². The highest BCUT2D eigenvalue weighted by Gasteiger charge is 2.13. The fourth-order valence-corrected chi connectivity index (χ4v) is 3.78. The molecule has 1 amide bonds. The van der Waals surface area contributed by atoms with Crippen LogP contribution in [0.15, 0.2) is 77.2 Å². The Bertz CT molecular complexity index is 1230. The second kappa shape index (κ2) is 10.9. The lowest BCUT2D eigenvalue weighted by atomic mass is 10.1. The average molecular weight is 455 g/mol. The zero-order valence-corrected chi connectivity index (χ0v) is 19.9. The molecule has 0 radical (unpaired) electrons. The Hall–Kier alpha value is -3.77. The Labute approximate surface area is 200 Å². The molecule has 0 fully saturated rings. The normalized spacial score (nSPS) is 11.1. The summed E-state index contributed by atoms with van der Waals surface area (Å²) in [6, 6.07) is 23.5. The molecule has 0 saturated carbocycles. The van der Waals surface area contributed by atoms with Crippen molar-refractivity contribution in [2.75, 3.05) is 13.1 Å². The summed E-state index contributed by atoms with van der Waals surface area (Å²) in [6.07, 6.45) is 0. The zero-order chi connectivity index (χ0) is 23.9. The monoisotopic (exact) mass is 454 g/mol. The summed E-state index contributed by atoms with van der Waals surface area (Å²) in [7, 11) is 0. The topological polar surface area (TPSA) is 71.3 Å². The first-order valence-corrected chi connectivity index (χ1v) is 11.7. The fourth-order valence-electron chi connectivity index (χ4n) is 3.78. The fraction of sp³-hybridized carbons (Fsp3) is 0.250. The molecule has 0 spiro atoms. The lowest BCUT2D eigenvalue weighted by molar-refractivity contribution is 0.0951. The van der Waals surface area contributed by atoms with E-state index in [1.165, 1.54) is 5.56 Å². The molecule has 4 rings (SSSR count). The minimum Gasteiger partial charge on any atom is -0.416 e. The van der Waals surface area contributed by atoms with Crippen LogP contribution in [0.5, 0.6) is 0 Å². The number of hydrogen-bond acceptors (Lipinski definition) is 5. The van der Waals surface area contributed by atoms with Crippen LogP contribution in [0.2, 0.25) is 0 Å². The van der Waals surface area contributed by atoms with Crippen molar-refractivity contribution in [3.05, 3.63) is 95.1 Å². The van der Waals surface area contributed by atoms with Gasteiger partial charge in [-0.1, -0.05) is 56.3 Å². The number of carbonyl (C=O) groups is 1. The van der Waals surface area contributed by atoms with Crippen molar-refractivity contribution < 1.29 is 9.21 Å². The second-order valence-electron chi connectivity index (χ2n) is 8.27. The molecule has 0 saturated heterocycles. The van der Waals surface area contributed by atoms with Crippen molar-refractivity contribution in [1.29, 1.82) is 0 Å². The van der Waals surface area contributed by atoms with E-state index < -0.39 is 0 Å². The molecular weight excluding hydrogens is 424 g/mol. The van der Waals surface area contributed by atoms with Crippen LogP contribution in [0.1, 0.15) is 40.9 Å². The lowest BCUT2D eigenvalue weighted by Crippen LogP contribution is -2.23. The van der Waals surface area contributed by atoms with E-state index in [4.69, 9.17) is 4.42 Å². The Balaban J connectivity index is 1.35. The molecule has 1 heterocycles. The number of carbonyl (C=O) groups excluding carboxylic acids is 1. The number of rotatable bonds is 9. The third-order valence-corrected chi connectivity index (χ3v) is 5.97. The van der Waals surface area contributed by atoms with Crippen molar-refractivity contribution in [3.8, 4) is 22.9 Å². The molecule has 174 valence electrons. The summed E-state index contributed by atoms with van der Waals surface area (Å²) in [6.45, 7) is 9.85. The first-order chi connectivity index (χ1) is 16.6. The molecule has 34 heavy (non-hydrogen) atoms. The number of aromatic nitrogens is 2. The number of nitrogens with one attached hydrogen (secondary N) is 1. The molecule has 6 nitrogen and oxygen atoms in total.